The van der Waals surface area contributed by atoms with Crippen LogP contribution >= 0.6 is 0 Å². The lowest BCUT2D eigenvalue weighted by Crippen LogP contribution is -2.19. The Balaban J connectivity index is 1.31. The summed E-state index contributed by atoms with van der Waals surface area (Å²) in [5.41, 5.74) is 4.44. The summed E-state index contributed by atoms with van der Waals surface area (Å²) in [4.78, 5) is 11.0. The van der Waals surface area contributed by atoms with Crippen LogP contribution in [-0.2, 0) is 7.05 Å². The number of halogens is 2. The first kappa shape index (κ1) is 22.2. The Hall–Kier alpha value is -4.25. The van der Waals surface area contributed by atoms with Crippen LogP contribution in [0.4, 0.5) is 20.4 Å². The zero-order valence-electron chi connectivity index (χ0n) is 19.7. The van der Waals surface area contributed by atoms with Crippen molar-refractivity contribution in [2.24, 2.45) is 7.05 Å². The minimum absolute atomic E-state index is 0.139. The van der Waals surface area contributed by atoms with Gasteiger partial charge in [0.2, 0.25) is 5.95 Å². The molecule has 1 N–H and O–H groups in total. The summed E-state index contributed by atoms with van der Waals surface area (Å²) in [5.74, 6) is -0.835. The smallest absolute Gasteiger partial charge is 0.227 e. The Morgan fingerprint density at radius 1 is 1.03 bits per heavy atom. The highest BCUT2D eigenvalue weighted by Gasteiger charge is 2.36. The van der Waals surface area contributed by atoms with Gasteiger partial charge in [0.25, 0.3) is 0 Å². The number of rotatable bonds is 5. The Kier molecular flexibility index (Phi) is 5.41. The Morgan fingerprint density at radius 3 is 2.72 bits per heavy atom. The van der Waals surface area contributed by atoms with E-state index in [1.54, 1.807) is 17.1 Å². The first-order valence-corrected chi connectivity index (χ1v) is 11.5. The van der Waals surface area contributed by atoms with Crippen LogP contribution in [0.3, 0.4) is 0 Å². The number of likely N-dealkylation sites (N-methyl/N-ethyl adjacent to an activating group) is 1. The van der Waals surface area contributed by atoms with Crippen LogP contribution in [0.15, 0.2) is 61.1 Å². The molecule has 5 aromatic rings. The number of aromatic nitrogens is 7. The lowest BCUT2D eigenvalue weighted by Gasteiger charge is -2.20. The fraction of sp³-hybridized carbons (Fsp3) is 0.240. The molecule has 182 valence electrons. The summed E-state index contributed by atoms with van der Waals surface area (Å²) in [7, 11) is 3.82. The molecule has 36 heavy (non-hydrogen) atoms. The number of hydrogen-bond acceptors (Lipinski definition) is 7. The van der Waals surface area contributed by atoms with Gasteiger partial charge in [-0.2, -0.15) is 5.10 Å². The lowest BCUT2D eigenvalue weighted by atomic mass is 9.93. The van der Waals surface area contributed by atoms with Gasteiger partial charge in [-0.15, -0.1) is 5.10 Å². The predicted molar refractivity (Wildman–Crippen MR) is 131 cm³/mol. The summed E-state index contributed by atoms with van der Waals surface area (Å²) in [6.07, 6.45) is 5.23. The number of aryl methyl sites for hydroxylation is 1. The Bertz CT molecular complexity index is 1560. The number of nitrogens with zero attached hydrogens (tertiary/aromatic N) is 8. The molecular formula is C25H23F2N9. The van der Waals surface area contributed by atoms with Crippen molar-refractivity contribution in [3.63, 3.8) is 0 Å². The van der Waals surface area contributed by atoms with Crippen LogP contribution in [0.25, 0.3) is 22.3 Å². The van der Waals surface area contributed by atoms with Gasteiger partial charge in [0.05, 0.1) is 29.1 Å². The fourth-order valence-corrected chi connectivity index (χ4v) is 4.87. The van der Waals surface area contributed by atoms with Crippen LogP contribution in [0.2, 0.25) is 0 Å². The van der Waals surface area contributed by atoms with E-state index >= 15 is 0 Å². The first-order valence-electron chi connectivity index (χ1n) is 11.5. The van der Waals surface area contributed by atoms with Gasteiger partial charge in [0.1, 0.15) is 17.2 Å². The molecule has 2 aromatic carbocycles. The SMILES string of the molecule is CN1C[C@@H](c2ccc(F)cc2F)[C@@H](n2nnc3cc(-c4ccnc(Nc5cnn(C)c5)n4)ccc32)C1. The molecule has 4 heterocycles. The first-order chi connectivity index (χ1) is 17.4. The molecule has 1 fully saturated rings. The molecule has 6 rings (SSSR count). The average molecular weight is 488 g/mol. The third-order valence-corrected chi connectivity index (χ3v) is 6.53. The number of anilines is 2. The second-order valence-corrected chi connectivity index (χ2v) is 9.09. The van der Waals surface area contributed by atoms with Gasteiger partial charge >= 0.3 is 0 Å². The molecule has 2 atom stereocenters. The normalized spacial score (nSPS) is 18.2. The number of nitrogens with one attached hydrogen (secondary N) is 1. The van der Waals surface area contributed by atoms with Crippen molar-refractivity contribution >= 4 is 22.7 Å². The van der Waals surface area contributed by atoms with Gasteiger partial charge in [-0.05, 0) is 36.9 Å². The highest BCUT2D eigenvalue weighted by Crippen LogP contribution is 2.38. The second kappa shape index (κ2) is 8.76. The summed E-state index contributed by atoms with van der Waals surface area (Å²) in [6, 6.07) is 11.3. The van der Waals surface area contributed by atoms with Gasteiger partial charge in [-0.1, -0.05) is 17.3 Å². The fourth-order valence-electron chi connectivity index (χ4n) is 4.87. The molecule has 0 radical (unpaired) electrons. The lowest BCUT2D eigenvalue weighted by molar-refractivity contribution is 0.382. The van der Waals surface area contributed by atoms with Gasteiger partial charge in [0, 0.05) is 50.1 Å². The molecule has 0 aliphatic carbocycles. The minimum Gasteiger partial charge on any atom is -0.321 e. The zero-order valence-corrected chi connectivity index (χ0v) is 19.7. The van der Waals surface area contributed by atoms with E-state index < -0.39 is 11.6 Å². The molecule has 0 bridgehead atoms. The highest BCUT2D eigenvalue weighted by molar-refractivity contribution is 5.81. The van der Waals surface area contributed by atoms with Crippen molar-refractivity contribution in [1.29, 1.82) is 0 Å². The topological polar surface area (TPSA) is 89.6 Å². The van der Waals surface area contributed by atoms with Gasteiger partial charge in [-0.3, -0.25) is 4.68 Å². The van der Waals surface area contributed by atoms with E-state index in [2.05, 4.69) is 35.6 Å². The van der Waals surface area contributed by atoms with E-state index in [1.165, 1.54) is 12.1 Å². The van der Waals surface area contributed by atoms with Gasteiger partial charge in [0.15, 0.2) is 0 Å². The van der Waals surface area contributed by atoms with Crippen LogP contribution < -0.4 is 5.32 Å². The molecule has 9 nitrogen and oxygen atoms in total. The summed E-state index contributed by atoms with van der Waals surface area (Å²) in [6.45, 7) is 1.32. The van der Waals surface area contributed by atoms with Crippen LogP contribution in [0.1, 0.15) is 17.5 Å². The molecule has 0 unspecified atom stereocenters. The number of fused-ring (bicyclic) bond motifs is 1. The summed E-state index contributed by atoms with van der Waals surface area (Å²) < 4.78 is 31.7. The molecule has 0 amide bonds. The van der Waals surface area contributed by atoms with E-state index in [0.717, 1.165) is 28.5 Å². The highest BCUT2D eigenvalue weighted by atomic mass is 19.1. The predicted octanol–water partition coefficient (Wildman–Crippen LogP) is 3.91. The van der Waals surface area contributed by atoms with E-state index in [-0.39, 0.29) is 12.0 Å². The van der Waals surface area contributed by atoms with E-state index in [0.29, 0.717) is 30.1 Å². The molecule has 1 aliphatic heterocycles. The molecule has 1 aliphatic rings. The molecular weight excluding hydrogens is 464 g/mol. The van der Waals surface area contributed by atoms with Crippen molar-refractivity contribution in [1.82, 2.24) is 39.6 Å². The maximum absolute atomic E-state index is 14.6. The van der Waals surface area contributed by atoms with Crippen LogP contribution in [0, 0.1) is 11.6 Å². The minimum atomic E-state index is -0.582. The maximum atomic E-state index is 14.6. The van der Waals surface area contributed by atoms with Crippen molar-refractivity contribution in [2.75, 3.05) is 25.5 Å². The van der Waals surface area contributed by atoms with Crippen LogP contribution in [-0.4, -0.2) is 59.8 Å². The number of likely N-dealkylation sites (tertiary alicyclic amines) is 1. The maximum Gasteiger partial charge on any atom is 0.227 e. The summed E-state index contributed by atoms with van der Waals surface area (Å²) >= 11 is 0. The molecule has 1 saturated heterocycles. The largest absolute Gasteiger partial charge is 0.321 e. The van der Waals surface area contributed by atoms with Gasteiger partial charge in [-0.25, -0.2) is 23.4 Å². The van der Waals surface area contributed by atoms with E-state index in [1.807, 2.05) is 49.2 Å². The van der Waals surface area contributed by atoms with E-state index in [4.69, 9.17) is 0 Å². The molecule has 11 heteroatoms. The monoisotopic (exact) mass is 487 g/mol. The third kappa shape index (κ3) is 4.07. The Labute approximate surface area is 205 Å². The van der Waals surface area contributed by atoms with Crippen molar-refractivity contribution in [2.45, 2.75) is 12.0 Å². The Morgan fingerprint density at radius 2 is 1.92 bits per heavy atom. The van der Waals surface area contributed by atoms with Crippen molar-refractivity contribution in [3.05, 3.63) is 78.3 Å². The third-order valence-electron chi connectivity index (χ3n) is 6.53. The number of benzene rings is 2. The van der Waals surface area contributed by atoms with Crippen molar-refractivity contribution < 1.29 is 8.78 Å². The van der Waals surface area contributed by atoms with Crippen molar-refractivity contribution in [3.8, 4) is 11.3 Å². The second-order valence-electron chi connectivity index (χ2n) is 9.09. The molecule has 0 spiro atoms. The quantitative estimate of drug-likeness (QED) is 0.402. The standard InChI is InChI=1S/C25H23F2N9/c1-34-13-19(18-5-4-16(26)10-20(18)27)24(14-34)36-23-6-3-15(9-22(23)32-33-36)21-7-8-28-25(31-21)30-17-11-29-35(2)12-17/h3-12,19,24H,13-14H2,1-2H3,(H,28,30,31)/t19-,24-/m0/s1. The zero-order chi connectivity index (χ0) is 24.8. The van der Waals surface area contributed by atoms with E-state index in [9.17, 15) is 8.78 Å². The molecule has 3 aromatic heterocycles. The van der Waals surface area contributed by atoms with Crippen LogP contribution in [0.5, 0.6) is 0 Å². The van der Waals surface area contributed by atoms with Gasteiger partial charge < -0.3 is 10.2 Å². The summed E-state index contributed by atoms with van der Waals surface area (Å²) in [5, 5.41) is 16.1. The number of hydrogen-bond donors (Lipinski definition) is 1. The molecule has 0 saturated carbocycles. The average Bonchev–Trinajstić information content (AvgIpc) is 3.57.